The minimum absolute atomic E-state index is 0.174. The summed E-state index contributed by atoms with van der Waals surface area (Å²) in [7, 11) is 2.04. The molecule has 0 saturated carbocycles. The van der Waals surface area contributed by atoms with Crippen LogP contribution in [-0.4, -0.2) is 11.1 Å². The van der Waals surface area contributed by atoms with Crippen LogP contribution in [0.4, 0.5) is 0 Å². The number of nitrogens with one attached hydrogen (secondary N) is 1. The Morgan fingerprint density at radius 1 is 1.41 bits per heavy atom. The first-order valence-corrected chi connectivity index (χ1v) is 6.48. The van der Waals surface area contributed by atoms with E-state index in [2.05, 4.69) is 25.8 Å². The van der Waals surface area contributed by atoms with Crippen molar-refractivity contribution in [2.75, 3.05) is 6.54 Å². The van der Waals surface area contributed by atoms with Crippen LogP contribution in [0.15, 0.2) is 27.5 Å². The summed E-state index contributed by atoms with van der Waals surface area (Å²) in [4.78, 5) is 12.4. The Balaban J connectivity index is 2.47. The maximum atomic E-state index is 12.4. The highest BCUT2D eigenvalue weighted by atomic mass is 79.9. The molecule has 0 fully saturated rings. The van der Waals surface area contributed by atoms with Crippen molar-refractivity contribution in [2.45, 2.75) is 13.0 Å². The average molecular weight is 293 g/mol. The van der Waals surface area contributed by atoms with Crippen molar-refractivity contribution in [3.05, 3.63) is 44.2 Å². The molecule has 0 aliphatic carbocycles. The third kappa shape index (κ3) is 1.63. The lowest BCUT2D eigenvalue weighted by atomic mass is 10.0. The molecule has 1 aliphatic rings. The fourth-order valence-corrected chi connectivity index (χ4v) is 2.89. The summed E-state index contributed by atoms with van der Waals surface area (Å²) in [6.45, 7) is 1.63. The predicted molar refractivity (Wildman–Crippen MR) is 72.3 cm³/mol. The van der Waals surface area contributed by atoms with Gasteiger partial charge in [0, 0.05) is 47.7 Å². The number of hydrogen-bond acceptors (Lipinski definition) is 2. The second-order valence-electron chi connectivity index (χ2n) is 4.40. The molecule has 0 atom stereocenters. The van der Waals surface area contributed by atoms with E-state index < -0.39 is 0 Å². The van der Waals surface area contributed by atoms with Gasteiger partial charge in [0.05, 0.1) is 5.52 Å². The summed E-state index contributed by atoms with van der Waals surface area (Å²) in [5, 5.41) is 4.07. The zero-order valence-corrected chi connectivity index (χ0v) is 11.2. The Kier molecular flexibility index (Phi) is 2.56. The predicted octanol–water partition coefficient (Wildman–Crippen LogP) is 1.95. The Morgan fingerprint density at radius 2 is 2.24 bits per heavy atom. The molecule has 4 heteroatoms. The minimum Gasteiger partial charge on any atom is -0.347 e. The van der Waals surface area contributed by atoms with Gasteiger partial charge >= 0.3 is 0 Å². The van der Waals surface area contributed by atoms with Crippen molar-refractivity contribution in [1.82, 2.24) is 9.88 Å². The van der Waals surface area contributed by atoms with Crippen LogP contribution in [0.5, 0.6) is 0 Å². The summed E-state index contributed by atoms with van der Waals surface area (Å²) < 4.78 is 3.16. The summed E-state index contributed by atoms with van der Waals surface area (Å²) in [5.74, 6) is 0. The molecule has 3 rings (SSSR count). The quantitative estimate of drug-likeness (QED) is 0.805. The lowest BCUT2D eigenvalue weighted by Gasteiger charge is -2.21. The smallest absolute Gasteiger partial charge is 0.194 e. The van der Waals surface area contributed by atoms with E-state index in [1.807, 2.05) is 25.2 Å². The van der Waals surface area contributed by atoms with Gasteiger partial charge in [-0.15, -0.1) is 0 Å². The van der Waals surface area contributed by atoms with Gasteiger partial charge in [0.15, 0.2) is 5.43 Å². The molecule has 0 bridgehead atoms. The fraction of sp³-hybridized carbons (Fsp3) is 0.308. The molecule has 17 heavy (non-hydrogen) atoms. The Bertz CT molecular complexity index is 660. The lowest BCUT2D eigenvalue weighted by molar-refractivity contribution is 0.607. The number of aromatic nitrogens is 1. The number of halogens is 1. The molecule has 1 aromatic carbocycles. The molecule has 1 N–H and O–H groups in total. The molecule has 1 aliphatic heterocycles. The zero-order valence-electron chi connectivity index (χ0n) is 9.59. The summed E-state index contributed by atoms with van der Waals surface area (Å²) >= 11 is 3.46. The normalized spacial score (nSPS) is 14.9. The van der Waals surface area contributed by atoms with E-state index in [1.54, 1.807) is 0 Å². The number of hydrogen-bond donors (Lipinski definition) is 1. The number of nitrogens with zero attached hydrogens (tertiary/aromatic N) is 1. The lowest BCUT2D eigenvalue weighted by Crippen LogP contribution is -2.32. The molecular formula is C13H13BrN2O. The van der Waals surface area contributed by atoms with Gasteiger partial charge < -0.3 is 9.88 Å². The first-order valence-electron chi connectivity index (χ1n) is 5.69. The molecule has 0 amide bonds. The minimum atomic E-state index is 0.174. The molecule has 3 nitrogen and oxygen atoms in total. The molecule has 0 radical (unpaired) electrons. The van der Waals surface area contributed by atoms with Gasteiger partial charge in [0.1, 0.15) is 0 Å². The van der Waals surface area contributed by atoms with E-state index in [1.165, 1.54) is 5.69 Å². The fourth-order valence-electron chi connectivity index (χ4n) is 2.54. The van der Waals surface area contributed by atoms with Crippen molar-refractivity contribution in [1.29, 1.82) is 0 Å². The second-order valence-corrected chi connectivity index (χ2v) is 5.32. The van der Waals surface area contributed by atoms with Crippen molar-refractivity contribution in [2.24, 2.45) is 7.05 Å². The third-order valence-electron chi connectivity index (χ3n) is 3.43. The second kappa shape index (κ2) is 3.96. The first-order chi connectivity index (χ1) is 8.18. The number of pyridine rings is 1. The van der Waals surface area contributed by atoms with E-state index in [4.69, 9.17) is 0 Å². The molecule has 2 heterocycles. The third-order valence-corrected chi connectivity index (χ3v) is 3.93. The van der Waals surface area contributed by atoms with Crippen LogP contribution in [0, 0.1) is 0 Å². The largest absolute Gasteiger partial charge is 0.347 e. The van der Waals surface area contributed by atoms with Crippen molar-refractivity contribution in [3.63, 3.8) is 0 Å². The van der Waals surface area contributed by atoms with E-state index in [-0.39, 0.29) is 5.43 Å². The van der Waals surface area contributed by atoms with Crippen LogP contribution in [0.3, 0.4) is 0 Å². The molecule has 0 unspecified atom stereocenters. The molecule has 0 saturated heterocycles. The highest BCUT2D eigenvalue weighted by Crippen LogP contribution is 2.21. The molecule has 2 aromatic rings. The van der Waals surface area contributed by atoms with E-state index in [0.717, 1.165) is 33.9 Å². The average Bonchev–Trinajstić information content (AvgIpc) is 2.36. The van der Waals surface area contributed by atoms with Crippen LogP contribution in [-0.2, 0) is 20.0 Å². The number of benzene rings is 1. The van der Waals surface area contributed by atoms with Gasteiger partial charge in [0.25, 0.3) is 0 Å². The molecule has 88 valence electrons. The van der Waals surface area contributed by atoms with Gasteiger partial charge in [-0.3, -0.25) is 4.79 Å². The zero-order chi connectivity index (χ0) is 12.0. The standard InChI is InChI=1S/C13H13BrN2O/c1-16-11-4-5-15-7-10(11)13(17)9-3-2-8(14)6-12(9)16/h2-3,6,15H,4-5,7H2,1H3. The van der Waals surface area contributed by atoms with Crippen LogP contribution >= 0.6 is 15.9 Å². The van der Waals surface area contributed by atoms with Gasteiger partial charge in [-0.2, -0.15) is 0 Å². The van der Waals surface area contributed by atoms with E-state index in [9.17, 15) is 4.79 Å². The van der Waals surface area contributed by atoms with Gasteiger partial charge in [-0.25, -0.2) is 0 Å². The van der Waals surface area contributed by atoms with Crippen molar-refractivity contribution >= 4 is 26.8 Å². The molecule has 0 spiro atoms. The van der Waals surface area contributed by atoms with E-state index in [0.29, 0.717) is 6.54 Å². The summed E-state index contributed by atoms with van der Waals surface area (Å²) in [5.41, 5.74) is 3.27. The Labute approximate surface area is 108 Å². The topological polar surface area (TPSA) is 34.0 Å². The van der Waals surface area contributed by atoms with Crippen LogP contribution in [0.25, 0.3) is 10.9 Å². The van der Waals surface area contributed by atoms with Gasteiger partial charge in [-0.1, -0.05) is 15.9 Å². The van der Waals surface area contributed by atoms with Crippen molar-refractivity contribution < 1.29 is 0 Å². The monoisotopic (exact) mass is 292 g/mol. The summed E-state index contributed by atoms with van der Waals surface area (Å²) in [6, 6.07) is 5.84. The number of fused-ring (bicyclic) bond motifs is 2. The molecule has 1 aromatic heterocycles. The molecular weight excluding hydrogens is 280 g/mol. The highest BCUT2D eigenvalue weighted by molar-refractivity contribution is 9.10. The number of rotatable bonds is 0. The van der Waals surface area contributed by atoms with Gasteiger partial charge in [-0.05, 0) is 18.2 Å². The van der Waals surface area contributed by atoms with Crippen LogP contribution in [0.1, 0.15) is 11.3 Å². The first kappa shape index (κ1) is 11.0. The SMILES string of the molecule is Cn1c2c(c(=O)c3ccc(Br)cc31)CNCC2. The van der Waals surface area contributed by atoms with Gasteiger partial charge in [0.2, 0.25) is 0 Å². The van der Waals surface area contributed by atoms with Crippen molar-refractivity contribution in [3.8, 4) is 0 Å². The highest BCUT2D eigenvalue weighted by Gasteiger charge is 2.17. The van der Waals surface area contributed by atoms with E-state index >= 15 is 0 Å². The number of aryl methyl sites for hydroxylation is 1. The Hall–Kier alpha value is -1.13. The summed E-state index contributed by atoms with van der Waals surface area (Å²) in [6.07, 6.45) is 0.920. The maximum absolute atomic E-state index is 12.4. The maximum Gasteiger partial charge on any atom is 0.194 e. The van der Waals surface area contributed by atoms with Crippen LogP contribution < -0.4 is 10.7 Å². The Morgan fingerprint density at radius 3 is 3.06 bits per heavy atom. The van der Waals surface area contributed by atoms with Crippen LogP contribution in [0.2, 0.25) is 0 Å².